The molecular formula is C21H24BrN3O4. The van der Waals surface area contributed by atoms with E-state index in [4.69, 9.17) is 4.74 Å². The normalized spacial score (nSPS) is 18.8. The van der Waals surface area contributed by atoms with Crippen molar-refractivity contribution >= 4 is 39.2 Å². The van der Waals surface area contributed by atoms with Crippen LogP contribution in [0.1, 0.15) is 25.3 Å². The Bertz CT molecular complexity index is 903. The molecule has 1 aliphatic heterocycles. The average Bonchev–Trinajstić information content (AvgIpc) is 2.69. The van der Waals surface area contributed by atoms with E-state index < -0.39 is 5.60 Å². The van der Waals surface area contributed by atoms with Gasteiger partial charge in [-0.2, -0.15) is 0 Å². The second-order valence-electron chi connectivity index (χ2n) is 7.09. The Labute approximate surface area is 178 Å². The number of nitrogens with one attached hydrogen (secondary N) is 2. The van der Waals surface area contributed by atoms with Crippen molar-refractivity contribution in [3.63, 3.8) is 0 Å². The van der Waals surface area contributed by atoms with Crippen LogP contribution in [0.5, 0.6) is 5.75 Å². The molecule has 7 nitrogen and oxygen atoms in total. The SMILES string of the molecule is COc1cc(NC(=O)N2CCCC(O)(c3ccc(Br)cc3)C2)ccc1NC(C)=O. The van der Waals surface area contributed by atoms with Crippen LogP contribution in [0.3, 0.4) is 0 Å². The van der Waals surface area contributed by atoms with Crippen molar-refractivity contribution in [2.24, 2.45) is 0 Å². The summed E-state index contributed by atoms with van der Waals surface area (Å²) in [5.41, 5.74) is 0.780. The zero-order valence-corrected chi connectivity index (χ0v) is 18.0. The Kier molecular flexibility index (Phi) is 6.44. The summed E-state index contributed by atoms with van der Waals surface area (Å²) in [6.45, 7) is 2.19. The molecule has 154 valence electrons. The highest BCUT2D eigenvalue weighted by Crippen LogP contribution is 2.33. The fourth-order valence-electron chi connectivity index (χ4n) is 3.47. The number of ether oxygens (including phenoxy) is 1. The van der Waals surface area contributed by atoms with Gasteiger partial charge < -0.3 is 25.4 Å². The number of hydrogen-bond donors (Lipinski definition) is 3. The van der Waals surface area contributed by atoms with Crippen LogP contribution in [0.25, 0.3) is 0 Å². The van der Waals surface area contributed by atoms with Crippen LogP contribution < -0.4 is 15.4 Å². The summed E-state index contributed by atoms with van der Waals surface area (Å²) in [7, 11) is 1.50. The number of hydrogen-bond acceptors (Lipinski definition) is 4. The highest BCUT2D eigenvalue weighted by molar-refractivity contribution is 9.10. The van der Waals surface area contributed by atoms with Crippen molar-refractivity contribution in [2.75, 3.05) is 30.8 Å². The first kappa shape index (κ1) is 21.1. The lowest BCUT2D eigenvalue weighted by Crippen LogP contribution is -2.49. The number of β-amino-alcohol motifs (C(OH)–C–C–N with tert-alkyl or cyclic N) is 1. The molecule has 0 saturated carbocycles. The van der Waals surface area contributed by atoms with E-state index in [-0.39, 0.29) is 18.5 Å². The van der Waals surface area contributed by atoms with Crippen molar-refractivity contribution in [3.05, 3.63) is 52.5 Å². The van der Waals surface area contributed by atoms with Crippen molar-refractivity contribution in [2.45, 2.75) is 25.4 Å². The smallest absolute Gasteiger partial charge is 0.321 e. The van der Waals surface area contributed by atoms with Gasteiger partial charge in [-0.1, -0.05) is 28.1 Å². The fourth-order valence-corrected chi connectivity index (χ4v) is 3.73. The number of amides is 3. The van der Waals surface area contributed by atoms with Gasteiger partial charge in [0.1, 0.15) is 11.4 Å². The Hall–Kier alpha value is -2.58. The molecule has 1 saturated heterocycles. The van der Waals surface area contributed by atoms with Crippen molar-refractivity contribution in [3.8, 4) is 5.75 Å². The number of carbonyl (C=O) groups is 2. The van der Waals surface area contributed by atoms with Crippen LogP contribution in [-0.4, -0.2) is 42.1 Å². The van der Waals surface area contributed by atoms with Gasteiger partial charge in [-0.05, 0) is 42.7 Å². The maximum atomic E-state index is 12.8. The molecule has 1 atom stereocenters. The third kappa shape index (κ3) is 5.07. The van der Waals surface area contributed by atoms with Gasteiger partial charge in [0, 0.05) is 29.7 Å². The van der Waals surface area contributed by atoms with Gasteiger partial charge in [0.15, 0.2) is 0 Å². The third-order valence-corrected chi connectivity index (χ3v) is 5.43. The number of anilines is 2. The number of nitrogens with zero attached hydrogens (tertiary/aromatic N) is 1. The molecule has 2 aromatic carbocycles. The number of methoxy groups -OCH3 is 1. The molecular weight excluding hydrogens is 438 g/mol. The third-order valence-electron chi connectivity index (χ3n) is 4.90. The molecule has 1 fully saturated rings. The topological polar surface area (TPSA) is 90.9 Å². The van der Waals surface area contributed by atoms with Gasteiger partial charge in [0.2, 0.25) is 5.91 Å². The molecule has 1 heterocycles. The van der Waals surface area contributed by atoms with Gasteiger partial charge in [0.05, 0.1) is 19.3 Å². The quantitative estimate of drug-likeness (QED) is 0.642. The zero-order valence-electron chi connectivity index (χ0n) is 16.4. The van der Waals surface area contributed by atoms with Gasteiger partial charge in [-0.3, -0.25) is 4.79 Å². The number of rotatable bonds is 4. The molecule has 0 radical (unpaired) electrons. The lowest BCUT2D eigenvalue weighted by molar-refractivity contribution is -0.114. The minimum absolute atomic E-state index is 0.208. The van der Waals surface area contributed by atoms with Gasteiger partial charge in [-0.15, -0.1) is 0 Å². The minimum Gasteiger partial charge on any atom is -0.494 e. The number of carbonyl (C=O) groups excluding carboxylic acids is 2. The predicted molar refractivity (Wildman–Crippen MR) is 115 cm³/mol. The summed E-state index contributed by atoms with van der Waals surface area (Å²) in [4.78, 5) is 25.7. The summed E-state index contributed by atoms with van der Waals surface area (Å²) < 4.78 is 6.23. The summed E-state index contributed by atoms with van der Waals surface area (Å²) in [6, 6.07) is 12.2. The van der Waals surface area contributed by atoms with Crippen LogP contribution in [-0.2, 0) is 10.4 Å². The molecule has 1 unspecified atom stereocenters. The first-order chi connectivity index (χ1) is 13.8. The molecule has 2 aromatic rings. The molecule has 3 N–H and O–H groups in total. The molecule has 0 aromatic heterocycles. The molecule has 3 rings (SSSR count). The predicted octanol–water partition coefficient (Wildman–Crippen LogP) is 3.93. The van der Waals surface area contributed by atoms with Crippen molar-refractivity contribution < 1.29 is 19.4 Å². The summed E-state index contributed by atoms with van der Waals surface area (Å²) in [5, 5.41) is 16.6. The van der Waals surface area contributed by atoms with E-state index in [0.29, 0.717) is 36.5 Å². The highest BCUT2D eigenvalue weighted by atomic mass is 79.9. The number of urea groups is 1. The largest absolute Gasteiger partial charge is 0.494 e. The molecule has 1 aliphatic rings. The monoisotopic (exact) mass is 461 g/mol. The zero-order chi connectivity index (χ0) is 21.0. The Morgan fingerprint density at radius 3 is 2.55 bits per heavy atom. The van der Waals surface area contributed by atoms with Crippen LogP contribution in [0.15, 0.2) is 46.9 Å². The lowest BCUT2D eigenvalue weighted by Gasteiger charge is -2.39. The van der Waals surface area contributed by atoms with Crippen LogP contribution >= 0.6 is 15.9 Å². The van der Waals surface area contributed by atoms with E-state index in [2.05, 4.69) is 26.6 Å². The standard InChI is InChI=1S/C21H24BrN3O4/c1-14(26)23-18-9-8-17(12-19(18)29-2)24-20(27)25-11-3-10-21(28,13-25)15-4-6-16(22)7-5-15/h4-9,12,28H,3,10-11,13H2,1-2H3,(H,23,26)(H,24,27). The molecule has 29 heavy (non-hydrogen) atoms. The molecule has 8 heteroatoms. The Morgan fingerprint density at radius 1 is 1.17 bits per heavy atom. The van der Waals surface area contributed by atoms with Gasteiger partial charge in [-0.25, -0.2) is 4.79 Å². The maximum absolute atomic E-state index is 12.8. The Morgan fingerprint density at radius 2 is 1.90 bits per heavy atom. The van der Waals surface area contributed by atoms with E-state index >= 15 is 0 Å². The van der Waals surface area contributed by atoms with Crippen molar-refractivity contribution in [1.29, 1.82) is 0 Å². The fraction of sp³-hybridized carbons (Fsp3) is 0.333. The molecule has 0 bridgehead atoms. The summed E-state index contributed by atoms with van der Waals surface area (Å²) in [5.74, 6) is 0.239. The van der Waals surface area contributed by atoms with E-state index in [9.17, 15) is 14.7 Å². The van der Waals surface area contributed by atoms with Crippen LogP contribution in [0, 0.1) is 0 Å². The van der Waals surface area contributed by atoms with E-state index in [0.717, 1.165) is 10.0 Å². The Balaban J connectivity index is 1.72. The second kappa shape index (κ2) is 8.84. The number of benzene rings is 2. The highest BCUT2D eigenvalue weighted by Gasteiger charge is 2.36. The van der Waals surface area contributed by atoms with E-state index in [1.807, 2.05) is 24.3 Å². The van der Waals surface area contributed by atoms with E-state index in [1.165, 1.54) is 14.0 Å². The molecule has 3 amide bonds. The van der Waals surface area contributed by atoms with Crippen LogP contribution in [0.4, 0.5) is 16.2 Å². The first-order valence-electron chi connectivity index (χ1n) is 9.31. The number of likely N-dealkylation sites (tertiary alicyclic amines) is 1. The maximum Gasteiger partial charge on any atom is 0.321 e. The minimum atomic E-state index is -1.08. The van der Waals surface area contributed by atoms with Crippen LogP contribution in [0.2, 0.25) is 0 Å². The van der Waals surface area contributed by atoms with Crippen molar-refractivity contribution in [1.82, 2.24) is 4.90 Å². The first-order valence-corrected chi connectivity index (χ1v) is 10.1. The van der Waals surface area contributed by atoms with Gasteiger partial charge in [0.25, 0.3) is 0 Å². The summed E-state index contributed by atoms with van der Waals surface area (Å²) >= 11 is 3.40. The number of aliphatic hydroxyl groups is 1. The van der Waals surface area contributed by atoms with Gasteiger partial charge >= 0.3 is 6.03 Å². The van der Waals surface area contributed by atoms with E-state index in [1.54, 1.807) is 23.1 Å². The number of halogens is 1. The molecule has 0 aliphatic carbocycles. The second-order valence-corrected chi connectivity index (χ2v) is 8.01. The average molecular weight is 462 g/mol. The molecule has 0 spiro atoms. The number of piperidine rings is 1. The lowest BCUT2D eigenvalue weighted by atomic mass is 9.86. The summed E-state index contributed by atoms with van der Waals surface area (Å²) in [6.07, 6.45) is 1.29.